The first-order valence-corrected chi connectivity index (χ1v) is 11.1. The number of hydrogen-bond acceptors (Lipinski definition) is 5. The van der Waals surface area contributed by atoms with Crippen molar-refractivity contribution in [1.29, 1.82) is 0 Å². The number of pyridine rings is 1. The van der Waals surface area contributed by atoms with Crippen molar-refractivity contribution in [1.82, 2.24) is 4.57 Å². The number of rotatable bonds is 5. The zero-order valence-electron chi connectivity index (χ0n) is 17.8. The number of aromatic nitrogens is 1. The van der Waals surface area contributed by atoms with Gasteiger partial charge in [-0.1, -0.05) is 31.4 Å². The van der Waals surface area contributed by atoms with Crippen molar-refractivity contribution < 1.29 is 19.4 Å². The zero-order valence-corrected chi connectivity index (χ0v) is 17.8. The second kappa shape index (κ2) is 8.67. The minimum Gasteiger partial charge on any atom is -0.454 e. The third-order valence-electron chi connectivity index (χ3n) is 6.41. The maximum atomic E-state index is 13.1. The summed E-state index contributed by atoms with van der Waals surface area (Å²) in [5.74, 6) is 1.22. The van der Waals surface area contributed by atoms with E-state index >= 15 is 0 Å². The van der Waals surface area contributed by atoms with Crippen LogP contribution in [0.4, 0.5) is 5.69 Å². The van der Waals surface area contributed by atoms with Gasteiger partial charge < -0.3 is 19.9 Å². The number of nitrogens with zero attached hydrogens (tertiary/aromatic N) is 1. The first-order valence-electron chi connectivity index (χ1n) is 11.1. The van der Waals surface area contributed by atoms with E-state index < -0.39 is 6.23 Å². The first-order chi connectivity index (χ1) is 15.6. The molecule has 5 rings (SSSR count). The smallest absolute Gasteiger partial charge is 0.260 e. The lowest BCUT2D eigenvalue weighted by Crippen LogP contribution is -2.30. The number of benzene rings is 2. The molecule has 2 aliphatic rings. The van der Waals surface area contributed by atoms with Crippen molar-refractivity contribution in [2.45, 2.75) is 44.8 Å². The van der Waals surface area contributed by atoms with Crippen molar-refractivity contribution in [2.75, 3.05) is 12.1 Å². The minimum atomic E-state index is -0.823. The standard InChI is InChI=1S/C25H26N2O5/c28-23(14-16-9-10-21-22(13-16)32-15-31-21)26-20-8-4-7-19-18(20)11-12-27(25(19)30)24(29)17-5-2-1-3-6-17/h4,7-13,17,24,29H,1-3,5-6,14-15H2,(H,26,28). The number of carbonyl (C=O) groups excluding carboxylic acids is 1. The van der Waals surface area contributed by atoms with Crippen LogP contribution < -0.4 is 20.3 Å². The molecule has 0 saturated heterocycles. The highest BCUT2D eigenvalue weighted by Crippen LogP contribution is 2.33. The molecule has 1 amide bonds. The second-order valence-electron chi connectivity index (χ2n) is 8.52. The van der Waals surface area contributed by atoms with Crippen LogP contribution in [-0.4, -0.2) is 22.4 Å². The minimum absolute atomic E-state index is 0.100. The molecule has 1 fully saturated rings. The van der Waals surface area contributed by atoms with Crippen molar-refractivity contribution >= 4 is 22.4 Å². The summed E-state index contributed by atoms with van der Waals surface area (Å²) in [5.41, 5.74) is 1.14. The normalized spacial score (nSPS) is 16.8. The van der Waals surface area contributed by atoms with E-state index in [0.29, 0.717) is 28.0 Å². The monoisotopic (exact) mass is 434 g/mol. The molecular formula is C25H26N2O5. The molecule has 1 unspecified atom stereocenters. The van der Waals surface area contributed by atoms with Crippen LogP contribution in [0.1, 0.15) is 43.9 Å². The molecule has 166 valence electrons. The summed E-state index contributed by atoms with van der Waals surface area (Å²) in [6.07, 6.45) is 6.21. The highest BCUT2D eigenvalue weighted by Gasteiger charge is 2.24. The molecule has 1 aliphatic heterocycles. The molecule has 0 spiro atoms. The lowest BCUT2D eigenvalue weighted by atomic mass is 9.88. The summed E-state index contributed by atoms with van der Waals surface area (Å²) in [6, 6.07) is 12.5. The predicted octanol–water partition coefficient (Wildman–Crippen LogP) is 3.98. The van der Waals surface area contributed by atoms with Gasteiger partial charge in [-0.25, -0.2) is 0 Å². The Morgan fingerprint density at radius 1 is 1.06 bits per heavy atom. The zero-order chi connectivity index (χ0) is 22.1. The van der Waals surface area contributed by atoms with E-state index in [0.717, 1.165) is 31.2 Å². The average molecular weight is 434 g/mol. The number of anilines is 1. The molecule has 2 aromatic carbocycles. The van der Waals surface area contributed by atoms with Crippen molar-refractivity contribution in [3.63, 3.8) is 0 Å². The molecule has 0 bridgehead atoms. The van der Waals surface area contributed by atoms with Crippen LogP contribution in [0.3, 0.4) is 0 Å². The van der Waals surface area contributed by atoms with Crippen LogP contribution >= 0.6 is 0 Å². The van der Waals surface area contributed by atoms with Gasteiger partial charge in [-0.15, -0.1) is 0 Å². The Balaban J connectivity index is 1.37. The quantitative estimate of drug-likeness (QED) is 0.634. The van der Waals surface area contributed by atoms with Crippen molar-refractivity contribution in [3.05, 3.63) is 64.6 Å². The van der Waals surface area contributed by atoms with Crippen molar-refractivity contribution in [2.24, 2.45) is 5.92 Å². The highest BCUT2D eigenvalue weighted by atomic mass is 16.7. The van der Waals surface area contributed by atoms with Crippen LogP contribution in [0.15, 0.2) is 53.5 Å². The second-order valence-corrected chi connectivity index (χ2v) is 8.52. The van der Waals surface area contributed by atoms with Gasteiger partial charge in [0.1, 0.15) is 6.23 Å². The molecule has 7 heteroatoms. The lowest BCUT2D eigenvalue weighted by Gasteiger charge is -2.28. The largest absolute Gasteiger partial charge is 0.454 e. The fourth-order valence-electron chi connectivity index (χ4n) is 4.70. The topological polar surface area (TPSA) is 89.8 Å². The van der Waals surface area contributed by atoms with E-state index in [-0.39, 0.29) is 30.6 Å². The Hall–Kier alpha value is -3.32. The molecule has 3 aromatic rings. The van der Waals surface area contributed by atoms with Gasteiger partial charge in [-0.3, -0.25) is 14.2 Å². The third kappa shape index (κ3) is 3.96. The van der Waals surface area contributed by atoms with E-state index in [1.54, 1.807) is 42.6 Å². The molecule has 2 N–H and O–H groups in total. The molecule has 32 heavy (non-hydrogen) atoms. The molecule has 7 nitrogen and oxygen atoms in total. The summed E-state index contributed by atoms with van der Waals surface area (Å²) < 4.78 is 12.1. The average Bonchev–Trinajstić information content (AvgIpc) is 3.28. The van der Waals surface area contributed by atoms with E-state index in [4.69, 9.17) is 9.47 Å². The van der Waals surface area contributed by atoms with Crippen LogP contribution in [0, 0.1) is 5.92 Å². The lowest BCUT2D eigenvalue weighted by molar-refractivity contribution is -0.115. The fourth-order valence-corrected chi connectivity index (χ4v) is 4.70. The number of ether oxygens (including phenoxy) is 2. The van der Waals surface area contributed by atoms with E-state index in [2.05, 4.69) is 5.32 Å². The Morgan fingerprint density at radius 2 is 1.88 bits per heavy atom. The Bertz CT molecular complexity index is 1210. The number of hydrogen-bond donors (Lipinski definition) is 2. The first kappa shape index (κ1) is 20.6. The van der Waals surface area contributed by atoms with Crippen LogP contribution in [0.5, 0.6) is 11.5 Å². The Labute approximate surface area is 185 Å². The molecule has 1 aliphatic carbocycles. The number of amides is 1. The van der Waals surface area contributed by atoms with Crippen molar-refractivity contribution in [3.8, 4) is 11.5 Å². The van der Waals surface area contributed by atoms with Crippen LogP contribution in [0.25, 0.3) is 10.8 Å². The number of carbonyl (C=O) groups is 1. The summed E-state index contributed by atoms with van der Waals surface area (Å²) in [7, 11) is 0. The molecule has 1 atom stereocenters. The van der Waals surface area contributed by atoms with E-state index in [1.807, 2.05) is 6.07 Å². The van der Waals surface area contributed by atoms with Gasteiger partial charge in [0.2, 0.25) is 12.7 Å². The van der Waals surface area contributed by atoms with Gasteiger partial charge in [0.15, 0.2) is 11.5 Å². The predicted molar refractivity (Wildman–Crippen MR) is 121 cm³/mol. The SMILES string of the molecule is O=C(Cc1ccc2c(c1)OCO2)Nc1cccc2c(=O)n(C(O)C3CCCCC3)ccc12. The van der Waals surface area contributed by atoms with Gasteiger partial charge in [0.05, 0.1) is 6.42 Å². The Kier molecular flexibility index (Phi) is 5.57. The van der Waals surface area contributed by atoms with Crippen LogP contribution in [0.2, 0.25) is 0 Å². The molecule has 2 heterocycles. The van der Waals surface area contributed by atoms with Gasteiger partial charge in [-0.2, -0.15) is 0 Å². The molecule has 1 saturated carbocycles. The van der Waals surface area contributed by atoms with Gasteiger partial charge in [0.25, 0.3) is 5.56 Å². The highest BCUT2D eigenvalue weighted by molar-refractivity contribution is 6.02. The van der Waals surface area contributed by atoms with Gasteiger partial charge in [-0.05, 0) is 48.7 Å². The number of fused-ring (bicyclic) bond motifs is 2. The summed E-state index contributed by atoms with van der Waals surface area (Å²) in [6.45, 7) is 0.188. The van der Waals surface area contributed by atoms with E-state index in [9.17, 15) is 14.7 Å². The Morgan fingerprint density at radius 3 is 2.72 bits per heavy atom. The van der Waals surface area contributed by atoms with E-state index in [1.165, 1.54) is 11.0 Å². The number of aliphatic hydroxyl groups is 1. The third-order valence-corrected chi connectivity index (χ3v) is 6.41. The van der Waals surface area contributed by atoms with Gasteiger partial charge in [0, 0.05) is 28.6 Å². The maximum absolute atomic E-state index is 13.1. The summed E-state index contributed by atoms with van der Waals surface area (Å²) >= 11 is 0. The fraction of sp³-hybridized carbons (Fsp3) is 0.360. The summed E-state index contributed by atoms with van der Waals surface area (Å²) in [5, 5.41) is 14.9. The number of aliphatic hydroxyl groups excluding tert-OH is 1. The van der Waals surface area contributed by atoms with Gasteiger partial charge >= 0.3 is 0 Å². The molecular weight excluding hydrogens is 408 g/mol. The molecule has 1 aromatic heterocycles. The number of nitrogens with one attached hydrogen (secondary N) is 1. The maximum Gasteiger partial charge on any atom is 0.260 e. The van der Waals surface area contributed by atoms with Crippen LogP contribution in [-0.2, 0) is 11.2 Å². The summed E-state index contributed by atoms with van der Waals surface area (Å²) in [4.78, 5) is 25.8. The molecule has 0 radical (unpaired) electrons.